The summed E-state index contributed by atoms with van der Waals surface area (Å²) < 4.78 is 0. The average molecular weight is 308 g/mol. The molecule has 0 aromatic heterocycles. The summed E-state index contributed by atoms with van der Waals surface area (Å²) in [6.45, 7) is 5.48. The summed E-state index contributed by atoms with van der Waals surface area (Å²) in [6, 6.07) is 17.3. The van der Waals surface area contributed by atoms with Crippen LogP contribution in [0.2, 0.25) is 0 Å². The molecule has 0 radical (unpaired) electrons. The largest absolute Gasteiger partial charge is 0.287 e. The summed E-state index contributed by atoms with van der Waals surface area (Å²) in [5.41, 5.74) is 3.99. The molecule has 0 spiro atoms. The zero-order valence-corrected chi connectivity index (χ0v) is 13.9. The lowest BCUT2D eigenvalue weighted by Gasteiger charge is -2.15. The number of benzene rings is 2. The Kier molecular flexibility index (Phi) is 4.81. The number of rotatable bonds is 4. The molecule has 1 nitrogen and oxygen atoms in total. The standard InChI is InChI=1S/C20H21NS/c1-3-21-18-9-5-6-10-19(18)22-20(21)11-7-4-8-17-14-12-16(2)13-15-17/h4-15,20H,3H2,1-2H3/p+1/b8-4+,11-7+. The molecule has 0 fully saturated rings. The monoisotopic (exact) mass is 308 g/mol. The number of quaternary nitrogens is 1. The van der Waals surface area contributed by atoms with E-state index in [1.54, 1.807) is 4.90 Å². The number of para-hydroxylation sites is 1. The summed E-state index contributed by atoms with van der Waals surface area (Å²) in [4.78, 5) is 2.96. The van der Waals surface area contributed by atoms with E-state index in [2.05, 4.69) is 86.7 Å². The number of fused-ring (bicyclic) bond motifs is 1. The van der Waals surface area contributed by atoms with Crippen LogP contribution >= 0.6 is 11.8 Å². The minimum absolute atomic E-state index is 0.477. The highest BCUT2D eigenvalue weighted by molar-refractivity contribution is 8.00. The minimum Gasteiger partial charge on any atom is -0.287 e. The molecule has 112 valence electrons. The highest BCUT2D eigenvalue weighted by atomic mass is 32.2. The average Bonchev–Trinajstić information content (AvgIpc) is 2.90. The quantitative estimate of drug-likeness (QED) is 0.828. The third-order valence-electron chi connectivity index (χ3n) is 3.97. The van der Waals surface area contributed by atoms with Crippen LogP contribution in [0.3, 0.4) is 0 Å². The lowest BCUT2D eigenvalue weighted by Crippen LogP contribution is -3.08. The Balaban J connectivity index is 1.67. The van der Waals surface area contributed by atoms with Crippen LogP contribution < -0.4 is 4.90 Å². The molecule has 0 amide bonds. The van der Waals surface area contributed by atoms with E-state index in [9.17, 15) is 0 Å². The summed E-state index contributed by atoms with van der Waals surface area (Å²) in [5, 5.41) is 0.477. The van der Waals surface area contributed by atoms with Crippen LogP contribution in [0.1, 0.15) is 18.1 Å². The third kappa shape index (κ3) is 3.34. The second-order valence-electron chi connectivity index (χ2n) is 5.57. The molecule has 2 atom stereocenters. The maximum absolute atomic E-state index is 2.31. The molecule has 2 unspecified atom stereocenters. The van der Waals surface area contributed by atoms with Crippen LogP contribution in [0.5, 0.6) is 0 Å². The molecule has 2 heteroatoms. The number of nitrogens with one attached hydrogen (secondary N) is 1. The van der Waals surface area contributed by atoms with Crippen LogP contribution in [-0.4, -0.2) is 11.9 Å². The van der Waals surface area contributed by atoms with Gasteiger partial charge in [0.15, 0.2) is 5.37 Å². The van der Waals surface area contributed by atoms with Gasteiger partial charge in [-0.05, 0) is 31.6 Å². The second-order valence-corrected chi connectivity index (χ2v) is 6.75. The Hall–Kier alpha value is -1.77. The Labute approximate surface area is 137 Å². The zero-order valence-electron chi connectivity index (χ0n) is 13.1. The Morgan fingerprint density at radius 3 is 2.59 bits per heavy atom. The van der Waals surface area contributed by atoms with Crippen molar-refractivity contribution in [2.45, 2.75) is 24.1 Å². The van der Waals surface area contributed by atoms with Crippen LogP contribution in [0.4, 0.5) is 5.69 Å². The van der Waals surface area contributed by atoms with Crippen LogP contribution in [0.15, 0.2) is 71.7 Å². The fraction of sp³-hybridized carbons (Fsp3) is 0.200. The molecule has 2 aromatic carbocycles. The van der Waals surface area contributed by atoms with Gasteiger partial charge < -0.3 is 0 Å². The SMILES string of the molecule is CC[NH+]1c2ccccc2SC1/C=C/C=C/c1ccc(C)cc1. The van der Waals surface area contributed by atoms with Crippen molar-refractivity contribution in [1.82, 2.24) is 0 Å². The topological polar surface area (TPSA) is 4.44 Å². The van der Waals surface area contributed by atoms with Gasteiger partial charge in [0.05, 0.1) is 11.4 Å². The molecule has 3 rings (SSSR count). The Morgan fingerprint density at radius 1 is 1.05 bits per heavy atom. The normalized spacial score (nSPS) is 20.8. The van der Waals surface area contributed by atoms with Crippen LogP contribution in [0.25, 0.3) is 6.08 Å². The smallest absolute Gasteiger partial charge is 0.163 e. The molecule has 1 heterocycles. The molecule has 0 bridgehead atoms. The lowest BCUT2D eigenvalue weighted by molar-refractivity contribution is -0.833. The highest BCUT2D eigenvalue weighted by Crippen LogP contribution is 2.33. The van der Waals surface area contributed by atoms with E-state index < -0.39 is 0 Å². The fourth-order valence-corrected chi connectivity index (χ4v) is 4.11. The molecule has 0 aliphatic carbocycles. The van der Waals surface area contributed by atoms with E-state index in [4.69, 9.17) is 0 Å². The molecule has 2 aromatic rings. The van der Waals surface area contributed by atoms with Crippen molar-refractivity contribution in [3.63, 3.8) is 0 Å². The van der Waals surface area contributed by atoms with Crippen LogP contribution in [-0.2, 0) is 0 Å². The van der Waals surface area contributed by atoms with E-state index in [0.717, 1.165) is 6.54 Å². The molecule has 0 saturated heterocycles. The van der Waals surface area contributed by atoms with Crippen molar-refractivity contribution < 1.29 is 4.90 Å². The summed E-state index contributed by atoms with van der Waals surface area (Å²) in [7, 11) is 0. The molecule has 1 aliphatic rings. The molecule has 22 heavy (non-hydrogen) atoms. The van der Waals surface area contributed by atoms with Gasteiger partial charge in [0, 0.05) is 6.07 Å². The van der Waals surface area contributed by atoms with E-state index >= 15 is 0 Å². The van der Waals surface area contributed by atoms with E-state index in [0.29, 0.717) is 5.37 Å². The van der Waals surface area contributed by atoms with Crippen molar-refractivity contribution in [1.29, 1.82) is 0 Å². The summed E-state index contributed by atoms with van der Waals surface area (Å²) >= 11 is 1.96. The first-order chi connectivity index (χ1) is 10.8. The first-order valence-corrected chi connectivity index (χ1v) is 8.69. The van der Waals surface area contributed by atoms with Crippen molar-refractivity contribution in [2.75, 3.05) is 6.54 Å². The molecule has 1 N–H and O–H groups in total. The van der Waals surface area contributed by atoms with Gasteiger partial charge in [-0.1, -0.05) is 72.0 Å². The molecular formula is C20H22NS+. The van der Waals surface area contributed by atoms with Gasteiger partial charge >= 0.3 is 0 Å². The van der Waals surface area contributed by atoms with Gasteiger partial charge in [0.1, 0.15) is 5.69 Å². The van der Waals surface area contributed by atoms with Gasteiger partial charge in [0.25, 0.3) is 0 Å². The van der Waals surface area contributed by atoms with Crippen molar-refractivity contribution in [3.05, 3.63) is 77.9 Å². The van der Waals surface area contributed by atoms with Gasteiger partial charge in [-0.25, -0.2) is 0 Å². The number of hydrogen-bond acceptors (Lipinski definition) is 1. The summed E-state index contributed by atoms with van der Waals surface area (Å²) in [5.74, 6) is 0. The van der Waals surface area contributed by atoms with Gasteiger partial charge in [-0.3, -0.25) is 4.90 Å². The van der Waals surface area contributed by atoms with Gasteiger partial charge in [0.2, 0.25) is 0 Å². The number of likely N-dealkylation sites (N-methyl/N-ethyl adjacent to an activating group) is 1. The fourth-order valence-electron chi connectivity index (χ4n) is 2.75. The number of aryl methyl sites for hydroxylation is 1. The number of hydrogen-bond donors (Lipinski definition) is 1. The third-order valence-corrected chi connectivity index (χ3v) is 5.28. The van der Waals surface area contributed by atoms with Gasteiger partial charge in [-0.15, -0.1) is 0 Å². The van der Waals surface area contributed by atoms with Crippen molar-refractivity contribution >= 4 is 23.5 Å². The van der Waals surface area contributed by atoms with Crippen molar-refractivity contribution in [2.24, 2.45) is 0 Å². The predicted octanol–water partition coefficient (Wildman–Crippen LogP) is 4.23. The molecule has 0 saturated carbocycles. The molecular weight excluding hydrogens is 286 g/mol. The predicted molar refractivity (Wildman–Crippen MR) is 96.6 cm³/mol. The van der Waals surface area contributed by atoms with E-state index in [-0.39, 0.29) is 0 Å². The van der Waals surface area contributed by atoms with E-state index in [1.165, 1.54) is 21.7 Å². The summed E-state index contributed by atoms with van der Waals surface area (Å²) in [6.07, 6.45) is 8.79. The Bertz CT molecular complexity index is 685. The maximum Gasteiger partial charge on any atom is 0.163 e. The minimum atomic E-state index is 0.477. The first kappa shape index (κ1) is 15.1. The number of allylic oxidation sites excluding steroid dienone is 2. The highest BCUT2D eigenvalue weighted by Gasteiger charge is 2.31. The van der Waals surface area contributed by atoms with Crippen LogP contribution in [0, 0.1) is 6.92 Å². The maximum atomic E-state index is 2.31. The first-order valence-electron chi connectivity index (χ1n) is 7.81. The zero-order chi connectivity index (χ0) is 15.4. The van der Waals surface area contributed by atoms with Gasteiger partial charge in [-0.2, -0.15) is 0 Å². The Morgan fingerprint density at radius 2 is 1.82 bits per heavy atom. The number of thioether (sulfide) groups is 1. The van der Waals surface area contributed by atoms with E-state index in [1.807, 2.05) is 11.8 Å². The molecule has 1 aliphatic heterocycles. The lowest BCUT2D eigenvalue weighted by atomic mass is 10.1. The van der Waals surface area contributed by atoms with Crippen molar-refractivity contribution in [3.8, 4) is 0 Å². The second kappa shape index (κ2) is 6.99.